The lowest BCUT2D eigenvalue weighted by atomic mass is 10.1. The molecule has 1 aliphatic carbocycles. The Labute approximate surface area is 129 Å². The predicted octanol–water partition coefficient (Wildman–Crippen LogP) is 1.67. The second kappa shape index (κ2) is 5.73. The molecule has 2 aliphatic rings. The van der Waals surface area contributed by atoms with E-state index in [1.54, 1.807) is 0 Å². The van der Waals surface area contributed by atoms with Crippen molar-refractivity contribution < 1.29 is 13.2 Å². The number of nitrogen functional groups attached to an aromatic ring is 1. The van der Waals surface area contributed by atoms with Gasteiger partial charge in [-0.2, -0.15) is 4.37 Å². The van der Waals surface area contributed by atoms with Gasteiger partial charge in [0.15, 0.2) is 15.7 Å². The molecule has 0 aromatic carbocycles. The normalized spacial score (nSPS) is 23.2. The summed E-state index contributed by atoms with van der Waals surface area (Å²) in [5, 5.41) is 0.378. The van der Waals surface area contributed by atoms with Crippen LogP contribution in [0.5, 0.6) is 0 Å². The lowest BCUT2D eigenvalue weighted by molar-refractivity contribution is 0.0216. The van der Waals surface area contributed by atoms with Crippen LogP contribution in [-0.4, -0.2) is 44.3 Å². The van der Waals surface area contributed by atoms with Crippen LogP contribution in [0.3, 0.4) is 0 Å². The number of nitrogens with two attached hydrogens (primary N) is 1. The van der Waals surface area contributed by atoms with Gasteiger partial charge in [-0.05, 0) is 43.6 Å². The molecular formula is C13H21N3O3S2. The Morgan fingerprint density at radius 3 is 2.76 bits per heavy atom. The third-order valence-corrected chi connectivity index (χ3v) is 7.43. The maximum Gasteiger partial charge on any atom is 0.187 e. The average molecular weight is 331 g/mol. The number of likely N-dealkylation sites (N-methyl/N-ethyl adjacent to an activating group) is 1. The van der Waals surface area contributed by atoms with E-state index in [4.69, 9.17) is 10.5 Å². The Bertz CT molecular complexity index is 604. The van der Waals surface area contributed by atoms with Gasteiger partial charge in [0.2, 0.25) is 0 Å². The quantitative estimate of drug-likeness (QED) is 0.883. The Morgan fingerprint density at radius 1 is 1.38 bits per heavy atom. The van der Waals surface area contributed by atoms with Gasteiger partial charge in [-0.1, -0.05) is 0 Å². The molecule has 0 radical (unpaired) electrons. The SMILES string of the molecule is CN(CC1CCCCO1)c1snc(N)c1S(=O)(=O)C1CC1. The van der Waals surface area contributed by atoms with E-state index in [-0.39, 0.29) is 22.1 Å². The van der Waals surface area contributed by atoms with Gasteiger partial charge in [-0.3, -0.25) is 0 Å². The van der Waals surface area contributed by atoms with Crippen molar-refractivity contribution in [2.24, 2.45) is 0 Å². The summed E-state index contributed by atoms with van der Waals surface area (Å²) in [5.74, 6) is 0.137. The van der Waals surface area contributed by atoms with E-state index >= 15 is 0 Å². The van der Waals surface area contributed by atoms with Gasteiger partial charge >= 0.3 is 0 Å². The standard InChI is InChI=1S/C13H21N3O3S2/c1-16(8-9-4-2-3-7-19-9)13-11(12(14)15-20-13)21(17,18)10-5-6-10/h9-10H,2-8H2,1H3,(H2,14,15). The van der Waals surface area contributed by atoms with E-state index in [0.717, 1.165) is 50.2 Å². The highest BCUT2D eigenvalue weighted by Crippen LogP contribution is 2.42. The first-order valence-corrected chi connectivity index (χ1v) is 9.64. The maximum absolute atomic E-state index is 12.5. The summed E-state index contributed by atoms with van der Waals surface area (Å²) in [5.41, 5.74) is 5.83. The molecule has 1 atom stereocenters. The third-order valence-electron chi connectivity index (χ3n) is 4.00. The van der Waals surface area contributed by atoms with Crippen LogP contribution in [0.2, 0.25) is 0 Å². The molecule has 3 rings (SSSR count). The first-order valence-electron chi connectivity index (χ1n) is 7.32. The van der Waals surface area contributed by atoms with Crippen molar-refractivity contribution in [3.8, 4) is 0 Å². The van der Waals surface area contributed by atoms with Gasteiger partial charge < -0.3 is 15.4 Å². The second-order valence-electron chi connectivity index (χ2n) is 5.82. The molecule has 1 aromatic heterocycles. The van der Waals surface area contributed by atoms with E-state index in [2.05, 4.69) is 4.37 Å². The predicted molar refractivity (Wildman–Crippen MR) is 83.6 cm³/mol. The fourth-order valence-electron chi connectivity index (χ4n) is 2.68. The number of sulfone groups is 1. The van der Waals surface area contributed by atoms with Crippen LogP contribution >= 0.6 is 11.5 Å². The number of ether oxygens (including phenoxy) is 1. The van der Waals surface area contributed by atoms with Crippen molar-refractivity contribution in [1.82, 2.24) is 4.37 Å². The second-order valence-corrected chi connectivity index (χ2v) is 8.73. The van der Waals surface area contributed by atoms with Crippen LogP contribution in [0, 0.1) is 0 Å². The largest absolute Gasteiger partial charge is 0.382 e. The zero-order valence-corrected chi connectivity index (χ0v) is 13.8. The fourth-order valence-corrected chi connectivity index (χ4v) is 5.70. The molecular weight excluding hydrogens is 310 g/mol. The Hall–Kier alpha value is -0.860. The smallest absolute Gasteiger partial charge is 0.187 e. The molecule has 1 aromatic rings. The van der Waals surface area contributed by atoms with Gasteiger partial charge in [0.25, 0.3) is 0 Å². The number of hydrogen-bond acceptors (Lipinski definition) is 7. The number of anilines is 2. The number of aromatic nitrogens is 1. The van der Waals surface area contributed by atoms with Gasteiger partial charge in [-0.15, -0.1) is 0 Å². The summed E-state index contributed by atoms with van der Waals surface area (Å²) in [6.45, 7) is 1.46. The van der Waals surface area contributed by atoms with Crippen LogP contribution in [0.4, 0.5) is 10.8 Å². The van der Waals surface area contributed by atoms with Crippen LogP contribution in [-0.2, 0) is 14.6 Å². The van der Waals surface area contributed by atoms with Crippen molar-refractivity contribution in [3.63, 3.8) is 0 Å². The van der Waals surface area contributed by atoms with Crippen molar-refractivity contribution in [3.05, 3.63) is 0 Å². The summed E-state index contributed by atoms with van der Waals surface area (Å²) >= 11 is 1.16. The summed E-state index contributed by atoms with van der Waals surface area (Å²) < 4.78 is 34.8. The average Bonchev–Trinajstić information content (AvgIpc) is 3.23. The van der Waals surface area contributed by atoms with E-state index in [1.807, 2.05) is 11.9 Å². The highest BCUT2D eigenvalue weighted by Gasteiger charge is 2.41. The molecule has 8 heteroatoms. The molecule has 1 aliphatic heterocycles. The van der Waals surface area contributed by atoms with Crippen molar-refractivity contribution in [1.29, 1.82) is 0 Å². The Balaban J connectivity index is 1.81. The maximum atomic E-state index is 12.5. The van der Waals surface area contributed by atoms with Crippen LogP contribution in [0.1, 0.15) is 32.1 Å². The minimum atomic E-state index is -3.33. The van der Waals surface area contributed by atoms with Crippen molar-refractivity contribution in [2.75, 3.05) is 30.8 Å². The lowest BCUT2D eigenvalue weighted by Gasteiger charge is -2.28. The van der Waals surface area contributed by atoms with E-state index < -0.39 is 9.84 Å². The highest BCUT2D eigenvalue weighted by atomic mass is 32.2. The number of nitrogens with zero attached hydrogens (tertiary/aromatic N) is 2. The fraction of sp³-hybridized carbons (Fsp3) is 0.769. The number of hydrogen-bond donors (Lipinski definition) is 1. The topological polar surface area (TPSA) is 85.5 Å². The molecule has 1 unspecified atom stereocenters. The zero-order chi connectivity index (χ0) is 15.0. The summed E-state index contributed by atoms with van der Waals surface area (Å²) in [6, 6.07) is 0. The molecule has 2 heterocycles. The Kier molecular flexibility index (Phi) is 4.11. The zero-order valence-electron chi connectivity index (χ0n) is 12.1. The van der Waals surface area contributed by atoms with Crippen LogP contribution in [0.25, 0.3) is 0 Å². The van der Waals surface area contributed by atoms with Gasteiger partial charge in [0.05, 0.1) is 11.4 Å². The molecule has 6 nitrogen and oxygen atoms in total. The van der Waals surface area contributed by atoms with Gasteiger partial charge in [0.1, 0.15) is 9.90 Å². The molecule has 0 bridgehead atoms. The lowest BCUT2D eigenvalue weighted by Crippen LogP contribution is -2.33. The minimum Gasteiger partial charge on any atom is -0.382 e. The summed E-state index contributed by atoms with van der Waals surface area (Å²) in [7, 11) is -1.44. The molecule has 1 saturated heterocycles. The third kappa shape index (κ3) is 3.02. The molecule has 0 amide bonds. The highest BCUT2D eigenvalue weighted by molar-refractivity contribution is 7.92. The van der Waals surface area contributed by atoms with E-state index in [0.29, 0.717) is 11.5 Å². The van der Waals surface area contributed by atoms with Gasteiger partial charge in [0, 0.05) is 20.2 Å². The first-order chi connectivity index (χ1) is 10.00. The van der Waals surface area contributed by atoms with Crippen LogP contribution in [0.15, 0.2) is 4.90 Å². The summed E-state index contributed by atoms with van der Waals surface area (Å²) in [6.07, 6.45) is 4.90. The molecule has 1 saturated carbocycles. The molecule has 2 fully saturated rings. The van der Waals surface area contributed by atoms with Crippen molar-refractivity contribution in [2.45, 2.75) is 48.4 Å². The Morgan fingerprint density at radius 2 is 2.14 bits per heavy atom. The van der Waals surface area contributed by atoms with Crippen LogP contribution < -0.4 is 10.6 Å². The summed E-state index contributed by atoms with van der Waals surface area (Å²) in [4.78, 5) is 2.16. The monoisotopic (exact) mass is 331 g/mol. The van der Waals surface area contributed by atoms with Gasteiger partial charge in [-0.25, -0.2) is 8.42 Å². The van der Waals surface area contributed by atoms with Crippen molar-refractivity contribution >= 4 is 32.2 Å². The molecule has 21 heavy (non-hydrogen) atoms. The molecule has 118 valence electrons. The molecule has 2 N–H and O–H groups in total. The molecule has 0 spiro atoms. The van der Waals surface area contributed by atoms with E-state index in [1.165, 1.54) is 0 Å². The van der Waals surface area contributed by atoms with E-state index in [9.17, 15) is 8.42 Å². The first kappa shape index (κ1) is 15.1. The minimum absolute atomic E-state index is 0.137. The number of rotatable bonds is 5.